The fourth-order valence-corrected chi connectivity index (χ4v) is 1.87. The zero-order chi connectivity index (χ0) is 16.1. The third-order valence-electron chi connectivity index (χ3n) is 2.90. The average molecular weight is 325 g/mol. The third-order valence-corrected chi connectivity index (χ3v) is 3.07. The summed E-state index contributed by atoms with van der Waals surface area (Å²) < 4.78 is 13.2. The first-order chi connectivity index (χ1) is 10.4. The minimum Gasteiger partial charge on any atom is -0.342 e. The zero-order valence-electron chi connectivity index (χ0n) is 12.7. The molecule has 0 aliphatic heterocycles. The minimum absolute atomic E-state index is 0.0839. The average Bonchev–Trinajstić information content (AvgIpc) is 2.44. The van der Waals surface area contributed by atoms with Crippen LogP contribution in [-0.4, -0.2) is 54.1 Å². The molecular formula is C14H18ClFN6. The summed E-state index contributed by atoms with van der Waals surface area (Å²) >= 11 is 5.94. The second kappa shape index (κ2) is 7.33. The van der Waals surface area contributed by atoms with E-state index in [2.05, 4.69) is 25.2 Å². The maximum Gasteiger partial charge on any atom is 0.233 e. The lowest BCUT2D eigenvalue weighted by atomic mass is 10.3. The Morgan fingerprint density at radius 1 is 1.14 bits per heavy atom. The molecule has 2 rings (SSSR count). The molecule has 1 aromatic heterocycles. The SMILES string of the molecule is CN(C)CCN(C)c1nc(Cl)nc(Nc2cccc(F)c2)n1. The van der Waals surface area contributed by atoms with E-state index in [0.29, 0.717) is 11.6 Å². The van der Waals surface area contributed by atoms with Crippen molar-refractivity contribution in [3.63, 3.8) is 0 Å². The van der Waals surface area contributed by atoms with Gasteiger partial charge in [0.2, 0.25) is 17.2 Å². The van der Waals surface area contributed by atoms with Gasteiger partial charge in [-0.25, -0.2) is 4.39 Å². The van der Waals surface area contributed by atoms with Crippen LogP contribution in [0.25, 0.3) is 0 Å². The van der Waals surface area contributed by atoms with Crippen LogP contribution in [0, 0.1) is 5.82 Å². The highest BCUT2D eigenvalue weighted by Crippen LogP contribution is 2.17. The molecule has 0 fully saturated rings. The lowest BCUT2D eigenvalue weighted by Gasteiger charge is -2.19. The lowest BCUT2D eigenvalue weighted by molar-refractivity contribution is 0.415. The summed E-state index contributed by atoms with van der Waals surface area (Å²) in [7, 11) is 5.86. The first-order valence-corrected chi connectivity index (χ1v) is 7.12. The van der Waals surface area contributed by atoms with Crippen molar-refractivity contribution in [1.82, 2.24) is 19.9 Å². The lowest BCUT2D eigenvalue weighted by Crippen LogP contribution is -2.29. The smallest absolute Gasteiger partial charge is 0.233 e. The molecule has 0 aliphatic carbocycles. The molecule has 0 saturated carbocycles. The highest BCUT2D eigenvalue weighted by Gasteiger charge is 2.10. The van der Waals surface area contributed by atoms with E-state index in [-0.39, 0.29) is 17.0 Å². The van der Waals surface area contributed by atoms with Crippen molar-refractivity contribution in [2.24, 2.45) is 0 Å². The number of benzene rings is 1. The minimum atomic E-state index is -0.339. The maximum atomic E-state index is 13.2. The van der Waals surface area contributed by atoms with E-state index in [1.165, 1.54) is 12.1 Å². The van der Waals surface area contributed by atoms with Crippen molar-refractivity contribution in [3.05, 3.63) is 35.4 Å². The topological polar surface area (TPSA) is 57.2 Å². The predicted octanol–water partition coefficient (Wildman–Crippen LogP) is 2.41. The van der Waals surface area contributed by atoms with E-state index in [1.807, 2.05) is 26.0 Å². The number of halogens is 2. The molecule has 8 heteroatoms. The second-order valence-corrected chi connectivity index (χ2v) is 5.43. The standard InChI is InChI=1S/C14H18ClFN6/c1-21(2)7-8-22(3)14-19-12(15)18-13(20-14)17-11-6-4-5-10(16)9-11/h4-6,9H,7-8H2,1-3H3,(H,17,18,19,20). The zero-order valence-corrected chi connectivity index (χ0v) is 13.5. The molecule has 1 aromatic carbocycles. The number of anilines is 3. The van der Waals surface area contributed by atoms with Crippen molar-refractivity contribution in [2.45, 2.75) is 0 Å². The normalized spacial score (nSPS) is 10.8. The first kappa shape index (κ1) is 16.4. The third kappa shape index (κ3) is 4.78. The Morgan fingerprint density at radius 2 is 1.91 bits per heavy atom. The van der Waals surface area contributed by atoms with Crippen LogP contribution in [-0.2, 0) is 0 Å². The Kier molecular flexibility index (Phi) is 5.46. The van der Waals surface area contributed by atoms with E-state index in [9.17, 15) is 4.39 Å². The van der Waals surface area contributed by atoms with E-state index in [0.717, 1.165) is 13.1 Å². The summed E-state index contributed by atoms with van der Waals surface area (Å²) in [6.45, 7) is 1.60. The molecule has 1 heterocycles. The van der Waals surface area contributed by atoms with Crippen LogP contribution in [0.15, 0.2) is 24.3 Å². The van der Waals surface area contributed by atoms with Crippen LogP contribution in [0.5, 0.6) is 0 Å². The molecule has 118 valence electrons. The molecular weight excluding hydrogens is 307 g/mol. The van der Waals surface area contributed by atoms with Crippen molar-refractivity contribution in [1.29, 1.82) is 0 Å². The van der Waals surface area contributed by atoms with Crippen LogP contribution in [0.3, 0.4) is 0 Å². The second-order valence-electron chi connectivity index (χ2n) is 5.09. The molecule has 0 aliphatic rings. The molecule has 1 N–H and O–H groups in total. The molecule has 0 spiro atoms. The largest absolute Gasteiger partial charge is 0.342 e. The van der Waals surface area contributed by atoms with Crippen LogP contribution < -0.4 is 10.2 Å². The molecule has 2 aromatic rings. The number of nitrogens with one attached hydrogen (secondary N) is 1. The van der Waals surface area contributed by atoms with Gasteiger partial charge in [-0.3, -0.25) is 0 Å². The fraction of sp³-hybridized carbons (Fsp3) is 0.357. The van der Waals surface area contributed by atoms with Gasteiger partial charge in [0.1, 0.15) is 5.82 Å². The summed E-state index contributed by atoms with van der Waals surface area (Å²) in [5.74, 6) is 0.395. The number of hydrogen-bond donors (Lipinski definition) is 1. The molecule has 0 bridgehead atoms. The Morgan fingerprint density at radius 3 is 2.59 bits per heavy atom. The van der Waals surface area contributed by atoms with E-state index < -0.39 is 0 Å². The van der Waals surface area contributed by atoms with Gasteiger partial charge in [0, 0.05) is 25.8 Å². The molecule has 6 nitrogen and oxygen atoms in total. The molecule has 0 unspecified atom stereocenters. The van der Waals surface area contributed by atoms with E-state index in [4.69, 9.17) is 11.6 Å². The number of likely N-dealkylation sites (N-methyl/N-ethyl adjacent to an activating group) is 2. The van der Waals surface area contributed by atoms with Crippen molar-refractivity contribution in [2.75, 3.05) is 44.4 Å². The van der Waals surface area contributed by atoms with Gasteiger partial charge in [0.05, 0.1) is 0 Å². The molecule has 22 heavy (non-hydrogen) atoms. The van der Waals surface area contributed by atoms with Gasteiger partial charge in [-0.05, 0) is 43.9 Å². The summed E-state index contributed by atoms with van der Waals surface area (Å²) in [4.78, 5) is 16.4. The summed E-state index contributed by atoms with van der Waals surface area (Å²) in [5, 5.41) is 3.01. The van der Waals surface area contributed by atoms with E-state index in [1.54, 1.807) is 12.1 Å². The Hall–Kier alpha value is -1.99. The number of hydrogen-bond acceptors (Lipinski definition) is 6. The highest BCUT2D eigenvalue weighted by molar-refractivity contribution is 6.28. The van der Waals surface area contributed by atoms with Gasteiger partial charge in [-0.1, -0.05) is 6.07 Å². The maximum absolute atomic E-state index is 13.2. The van der Waals surface area contributed by atoms with Crippen LogP contribution in [0.2, 0.25) is 5.28 Å². The first-order valence-electron chi connectivity index (χ1n) is 6.74. The summed E-state index contributed by atoms with van der Waals surface area (Å²) in [6, 6.07) is 6.04. The van der Waals surface area contributed by atoms with Gasteiger partial charge >= 0.3 is 0 Å². The molecule has 0 atom stereocenters. The van der Waals surface area contributed by atoms with Crippen molar-refractivity contribution in [3.8, 4) is 0 Å². The summed E-state index contributed by atoms with van der Waals surface area (Å²) in [5.41, 5.74) is 0.546. The number of rotatable bonds is 6. The predicted molar refractivity (Wildman–Crippen MR) is 86.3 cm³/mol. The van der Waals surface area contributed by atoms with Crippen LogP contribution >= 0.6 is 11.6 Å². The highest BCUT2D eigenvalue weighted by atomic mass is 35.5. The van der Waals surface area contributed by atoms with Crippen LogP contribution in [0.1, 0.15) is 0 Å². The molecule has 0 saturated heterocycles. The Labute approximate surface area is 134 Å². The van der Waals surface area contributed by atoms with Gasteiger partial charge in [0.15, 0.2) is 0 Å². The number of aromatic nitrogens is 3. The van der Waals surface area contributed by atoms with Crippen LogP contribution in [0.4, 0.5) is 22.0 Å². The van der Waals surface area contributed by atoms with Crippen molar-refractivity contribution >= 4 is 29.2 Å². The fourth-order valence-electron chi connectivity index (χ4n) is 1.71. The Balaban J connectivity index is 2.15. The Bertz CT molecular complexity index is 636. The molecule has 0 amide bonds. The monoisotopic (exact) mass is 324 g/mol. The van der Waals surface area contributed by atoms with E-state index >= 15 is 0 Å². The quantitative estimate of drug-likeness (QED) is 0.880. The van der Waals surface area contributed by atoms with Crippen molar-refractivity contribution < 1.29 is 4.39 Å². The van der Waals surface area contributed by atoms with Gasteiger partial charge in [-0.15, -0.1) is 0 Å². The van der Waals surface area contributed by atoms with Gasteiger partial charge in [-0.2, -0.15) is 15.0 Å². The van der Waals surface area contributed by atoms with Gasteiger partial charge in [0.25, 0.3) is 0 Å². The number of nitrogens with zero attached hydrogens (tertiary/aromatic N) is 5. The molecule has 0 radical (unpaired) electrons. The summed E-state index contributed by atoms with van der Waals surface area (Å²) in [6.07, 6.45) is 0. The van der Waals surface area contributed by atoms with Gasteiger partial charge < -0.3 is 15.1 Å².